The van der Waals surface area contributed by atoms with E-state index in [4.69, 9.17) is 4.43 Å². The van der Waals surface area contributed by atoms with Crippen molar-refractivity contribution in [3.05, 3.63) is 23.8 Å². The Morgan fingerprint density at radius 2 is 1.37 bits per heavy atom. The number of allylic oxidation sites excluding steroid dienone is 3. The third-order valence-electron chi connectivity index (χ3n) is 14.0. The average molecular weight is 583 g/mol. The molecule has 0 aromatic heterocycles. The van der Waals surface area contributed by atoms with Gasteiger partial charge in [0.15, 0.2) is 0 Å². The fourth-order valence-electron chi connectivity index (χ4n) is 12.0. The highest BCUT2D eigenvalue weighted by atomic mass is 28.4. The fourth-order valence-corrected chi connectivity index (χ4v) is 17.6. The van der Waals surface area contributed by atoms with E-state index in [0.717, 1.165) is 35.5 Å². The zero-order valence-electron chi connectivity index (χ0n) is 29.7. The smallest absolute Gasteiger partial charge is 0.200 e. The van der Waals surface area contributed by atoms with Crippen molar-refractivity contribution in [1.29, 1.82) is 0 Å². The Kier molecular flexibility index (Phi) is 10.3. The molecule has 0 radical (unpaired) electrons. The van der Waals surface area contributed by atoms with Gasteiger partial charge in [0.05, 0.1) is 0 Å². The number of hydrogen-bond donors (Lipinski definition) is 0. The fraction of sp³-hybridized carbons (Fsp3) is 0.897. The molecule has 4 aliphatic rings. The van der Waals surface area contributed by atoms with Gasteiger partial charge in [-0.05, 0) is 126 Å². The molecule has 0 unspecified atom stereocenters. The van der Waals surface area contributed by atoms with Crippen LogP contribution in [0.15, 0.2) is 23.8 Å². The molecule has 0 aromatic rings. The van der Waals surface area contributed by atoms with Crippen molar-refractivity contribution in [2.24, 2.45) is 58.2 Å². The Morgan fingerprint density at radius 3 is 1.93 bits per heavy atom. The maximum absolute atomic E-state index is 7.38. The molecule has 3 saturated carbocycles. The van der Waals surface area contributed by atoms with E-state index in [2.05, 4.69) is 108 Å². The van der Waals surface area contributed by atoms with E-state index in [0.29, 0.717) is 45.4 Å². The third kappa shape index (κ3) is 5.90. The van der Waals surface area contributed by atoms with Crippen molar-refractivity contribution in [3.8, 4) is 0 Å². The molecule has 4 aliphatic carbocycles. The van der Waals surface area contributed by atoms with E-state index in [-0.39, 0.29) is 0 Å². The zero-order chi connectivity index (χ0) is 30.5. The lowest BCUT2D eigenvalue weighted by Gasteiger charge is -2.59. The molecule has 0 bridgehead atoms. The van der Waals surface area contributed by atoms with Crippen LogP contribution in [-0.4, -0.2) is 14.4 Å². The molecular weight excluding hydrogens is 513 g/mol. The highest BCUT2D eigenvalue weighted by Crippen LogP contribution is 2.67. The second-order valence-corrected chi connectivity index (χ2v) is 23.0. The molecule has 0 N–H and O–H groups in total. The van der Waals surface area contributed by atoms with Gasteiger partial charge in [-0.1, -0.05) is 114 Å². The third-order valence-corrected chi connectivity index (χ3v) is 20.2. The van der Waals surface area contributed by atoms with Gasteiger partial charge in [0.1, 0.15) is 0 Å². The molecule has 0 heterocycles. The summed E-state index contributed by atoms with van der Waals surface area (Å²) >= 11 is 0. The lowest BCUT2D eigenvalue weighted by atomic mass is 9.47. The summed E-state index contributed by atoms with van der Waals surface area (Å²) in [5, 5.41) is 0. The lowest BCUT2D eigenvalue weighted by Crippen LogP contribution is -2.53. The van der Waals surface area contributed by atoms with Gasteiger partial charge in [-0.25, -0.2) is 0 Å². The van der Waals surface area contributed by atoms with E-state index in [9.17, 15) is 0 Å². The van der Waals surface area contributed by atoms with Crippen LogP contribution in [0.25, 0.3) is 0 Å². The van der Waals surface area contributed by atoms with E-state index in [1.54, 1.807) is 5.57 Å². The first-order valence-electron chi connectivity index (χ1n) is 18.1. The molecule has 0 amide bonds. The Morgan fingerprint density at radius 1 is 0.756 bits per heavy atom. The minimum absolute atomic E-state index is 0.410. The van der Waals surface area contributed by atoms with E-state index in [1.807, 2.05) is 0 Å². The molecule has 1 nitrogen and oxygen atoms in total. The Hall–Kier alpha value is -0.343. The predicted molar refractivity (Wildman–Crippen MR) is 183 cm³/mol. The van der Waals surface area contributed by atoms with Crippen molar-refractivity contribution >= 4 is 8.32 Å². The first kappa shape index (κ1) is 33.5. The maximum atomic E-state index is 7.38. The van der Waals surface area contributed by atoms with Gasteiger partial charge < -0.3 is 4.43 Å². The summed E-state index contributed by atoms with van der Waals surface area (Å²) in [6.07, 6.45) is 19.4. The normalized spacial score (nSPS) is 37.0. The van der Waals surface area contributed by atoms with Crippen LogP contribution in [0.5, 0.6) is 0 Å². The van der Waals surface area contributed by atoms with Crippen molar-refractivity contribution < 1.29 is 4.43 Å². The molecule has 41 heavy (non-hydrogen) atoms. The van der Waals surface area contributed by atoms with Gasteiger partial charge >= 0.3 is 0 Å². The van der Waals surface area contributed by atoms with Crippen LogP contribution in [0, 0.1) is 58.2 Å². The molecule has 0 saturated heterocycles. The topological polar surface area (TPSA) is 9.23 Å². The predicted octanol–water partition coefficient (Wildman–Crippen LogP) is 12.2. The summed E-state index contributed by atoms with van der Waals surface area (Å²) < 4.78 is 7.38. The molecule has 2 heteroatoms. The molecular formula is C39H70OSi. The molecule has 0 aromatic carbocycles. The Balaban J connectivity index is 1.50. The standard InChI is InChI=1S/C39H70OSi/c1-25(2)33(26(3)4)16-14-30(11)35-18-19-36-34-17-15-31-24-32(40-41(27(5)6,28(7)8)29(9)10)20-22-38(31,12)37(34)21-23-39(35,36)13/h14-16,25-30,32-37H,17-24H2,1-13H3/b16-14+/t30-,32+,34+,35-,36+,37+,38+,39-/m1/s1. The minimum atomic E-state index is -1.84. The first-order valence-corrected chi connectivity index (χ1v) is 20.3. The van der Waals surface area contributed by atoms with Gasteiger partial charge in [0.2, 0.25) is 8.32 Å². The first-order chi connectivity index (χ1) is 19.1. The van der Waals surface area contributed by atoms with Crippen LogP contribution in [0.3, 0.4) is 0 Å². The summed E-state index contributed by atoms with van der Waals surface area (Å²) in [5.41, 5.74) is 4.74. The quantitative estimate of drug-likeness (QED) is 0.184. The van der Waals surface area contributed by atoms with Gasteiger partial charge in [0.25, 0.3) is 0 Å². The molecule has 0 spiro atoms. The summed E-state index contributed by atoms with van der Waals surface area (Å²) in [5.74, 6) is 6.42. The van der Waals surface area contributed by atoms with Gasteiger partial charge in [0, 0.05) is 6.10 Å². The van der Waals surface area contributed by atoms with Gasteiger partial charge in [-0.3, -0.25) is 0 Å². The highest BCUT2D eigenvalue weighted by molar-refractivity contribution is 6.77. The van der Waals surface area contributed by atoms with E-state index in [1.165, 1.54) is 51.4 Å². The molecule has 236 valence electrons. The van der Waals surface area contributed by atoms with E-state index < -0.39 is 8.32 Å². The van der Waals surface area contributed by atoms with Crippen LogP contribution in [0.1, 0.15) is 141 Å². The van der Waals surface area contributed by atoms with Crippen molar-refractivity contribution in [1.82, 2.24) is 0 Å². The minimum Gasteiger partial charge on any atom is -0.413 e. The van der Waals surface area contributed by atoms with Crippen molar-refractivity contribution in [2.75, 3.05) is 0 Å². The molecule has 8 atom stereocenters. The molecule has 4 rings (SSSR count). The van der Waals surface area contributed by atoms with Crippen LogP contribution < -0.4 is 0 Å². The zero-order valence-corrected chi connectivity index (χ0v) is 30.7. The second-order valence-electron chi connectivity index (χ2n) is 17.6. The van der Waals surface area contributed by atoms with Crippen LogP contribution >= 0.6 is 0 Å². The van der Waals surface area contributed by atoms with Crippen LogP contribution in [0.4, 0.5) is 0 Å². The number of rotatable bonds is 10. The van der Waals surface area contributed by atoms with Crippen LogP contribution in [0.2, 0.25) is 16.6 Å². The monoisotopic (exact) mass is 583 g/mol. The molecule has 3 fully saturated rings. The lowest BCUT2D eigenvalue weighted by molar-refractivity contribution is -0.0534. The maximum Gasteiger partial charge on any atom is 0.200 e. The summed E-state index contributed by atoms with van der Waals surface area (Å²) in [6.45, 7) is 32.2. The molecule has 0 aliphatic heterocycles. The van der Waals surface area contributed by atoms with Crippen LogP contribution in [-0.2, 0) is 4.43 Å². The Labute approximate surface area is 258 Å². The second kappa shape index (κ2) is 12.6. The summed E-state index contributed by atoms with van der Waals surface area (Å²) in [4.78, 5) is 0. The van der Waals surface area contributed by atoms with Gasteiger partial charge in [-0.15, -0.1) is 0 Å². The number of hydrogen-bond acceptors (Lipinski definition) is 1. The van der Waals surface area contributed by atoms with Crippen molar-refractivity contribution in [2.45, 2.75) is 164 Å². The highest BCUT2D eigenvalue weighted by Gasteiger charge is 2.59. The average Bonchev–Trinajstić information content (AvgIpc) is 3.23. The Bertz CT molecular complexity index is 911. The summed E-state index contributed by atoms with van der Waals surface area (Å²) in [6, 6.07) is 0. The number of fused-ring (bicyclic) bond motifs is 5. The van der Waals surface area contributed by atoms with Gasteiger partial charge in [-0.2, -0.15) is 0 Å². The van der Waals surface area contributed by atoms with E-state index >= 15 is 0 Å². The SMILES string of the molecule is CC(C)C(/C=C/[C@@H](C)[C@H]1CC[C@H]2[C@@H]3CC=C4C[C@@H](O[Si](C(C)C)(C(C)C)C(C)C)CC[C@]4(C)[C@H]3CC[C@]12C)C(C)C. The largest absolute Gasteiger partial charge is 0.413 e. The summed E-state index contributed by atoms with van der Waals surface area (Å²) in [7, 11) is -1.84. The van der Waals surface area contributed by atoms with Crippen molar-refractivity contribution in [3.63, 3.8) is 0 Å².